The Morgan fingerprint density at radius 1 is 1.09 bits per heavy atom. The number of amides is 1. The number of hydrogen-bond donors (Lipinski definition) is 4. The minimum atomic E-state index is -0.230. The average Bonchev–Trinajstić information content (AvgIpc) is 3.18. The van der Waals surface area contributed by atoms with Gasteiger partial charge in [0.1, 0.15) is 5.82 Å². The molecule has 0 aliphatic carbocycles. The second-order valence-corrected chi connectivity index (χ2v) is 7.81. The first-order chi connectivity index (χ1) is 15.4. The highest BCUT2D eigenvalue weighted by Gasteiger charge is 2.15. The molecule has 0 atom stereocenters. The largest absolute Gasteiger partial charge is 0.397 e. The molecule has 5 N–H and O–H groups in total. The number of aromatic nitrogens is 4. The number of aryl methyl sites for hydroxylation is 1. The fourth-order valence-electron chi connectivity index (χ4n) is 3.36. The summed E-state index contributed by atoms with van der Waals surface area (Å²) in [5.74, 6) is 1.53. The highest BCUT2D eigenvalue weighted by molar-refractivity contribution is 6.05. The van der Waals surface area contributed by atoms with E-state index in [2.05, 4.69) is 44.6 Å². The maximum atomic E-state index is 12.5. The third-order valence-corrected chi connectivity index (χ3v) is 4.98. The number of nitrogens with one attached hydrogen (secondary N) is 3. The molecule has 8 heteroatoms. The van der Waals surface area contributed by atoms with Gasteiger partial charge in [-0.15, -0.1) is 5.10 Å². The van der Waals surface area contributed by atoms with Crippen LogP contribution in [0.2, 0.25) is 0 Å². The lowest BCUT2D eigenvalue weighted by Crippen LogP contribution is -2.13. The van der Waals surface area contributed by atoms with Gasteiger partial charge in [-0.1, -0.05) is 26.0 Å². The molecule has 0 bridgehead atoms. The molecule has 0 spiro atoms. The van der Waals surface area contributed by atoms with Gasteiger partial charge in [0.2, 0.25) is 0 Å². The van der Waals surface area contributed by atoms with E-state index in [0.717, 1.165) is 28.5 Å². The summed E-state index contributed by atoms with van der Waals surface area (Å²) < 4.78 is 0. The highest BCUT2D eigenvalue weighted by Crippen LogP contribution is 2.28. The van der Waals surface area contributed by atoms with Crippen LogP contribution in [0.1, 0.15) is 41.6 Å². The Balaban J connectivity index is 1.49. The van der Waals surface area contributed by atoms with Crippen molar-refractivity contribution in [3.05, 3.63) is 77.9 Å². The minimum Gasteiger partial charge on any atom is -0.397 e. The summed E-state index contributed by atoms with van der Waals surface area (Å²) >= 11 is 0. The number of aromatic amines is 1. The van der Waals surface area contributed by atoms with Gasteiger partial charge < -0.3 is 21.4 Å². The van der Waals surface area contributed by atoms with Gasteiger partial charge in [0.25, 0.3) is 5.91 Å². The molecular weight excluding hydrogens is 402 g/mol. The van der Waals surface area contributed by atoms with Crippen LogP contribution in [0, 0.1) is 6.92 Å². The van der Waals surface area contributed by atoms with E-state index in [1.54, 1.807) is 30.5 Å². The number of benzene rings is 2. The molecule has 162 valence electrons. The molecule has 0 saturated heterocycles. The fourth-order valence-corrected chi connectivity index (χ4v) is 3.36. The Bertz CT molecular complexity index is 1250. The quantitative estimate of drug-likeness (QED) is 0.326. The zero-order chi connectivity index (χ0) is 22.7. The van der Waals surface area contributed by atoms with Crippen LogP contribution >= 0.6 is 0 Å². The van der Waals surface area contributed by atoms with Crippen LogP contribution in [0.4, 0.5) is 22.9 Å². The van der Waals surface area contributed by atoms with Gasteiger partial charge in [-0.2, -0.15) is 5.10 Å². The summed E-state index contributed by atoms with van der Waals surface area (Å²) in [4.78, 5) is 20.4. The molecule has 1 amide bonds. The summed E-state index contributed by atoms with van der Waals surface area (Å²) in [6, 6.07) is 16.2. The van der Waals surface area contributed by atoms with E-state index >= 15 is 0 Å². The predicted molar refractivity (Wildman–Crippen MR) is 127 cm³/mol. The first kappa shape index (κ1) is 21.0. The van der Waals surface area contributed by atoms with Crippen LogP contribution in [-0.2, 0) is 0 Å². The monoisotopic (exact) mass is 427 g/mol. The lowest BCUT2D eigenvalue weighted by atomic mass is 10.1. The molecule has 4 aromatic rings. The SMILES string of the molecule is Cc1nc(-c2cnnc(Nc3ccc(C(=O)Nc4ccccc4N)cc3)c2)c(C(C)C)[nH]1. The second kappa shape index (κ2) is 8.89. The van der Waals surface area contributed by atoms with E-state index in [-0.39, 0.29) is 5.91 Å². The number of rotatable bonds is 6. The number of imidazole rings is 1. The molecule has 0 saturated carbocycles. The van der Waals surface area contributed by atoms with Gasteiger partial charge in [0, 0.05) is 22.5 Å². The number of para-hydroxylation sites is 2. The number of H-pyrrole nitrogens is 1. The molecule has 0 unspecified atom stereocenters. The van der Waals surface area contributed by atoms with Crippen molar-refractivity contribution in [3.63, 3.8) is 0 Å². The van der Waals surface area contributed by atoms with E-state index in [4.69, 9.17) is 5.73 Å². The zero-order valence-electron chi connectivity index (χ0n) is 18.2. The van der Waals surface area contributed by atoms with Crippen LogP contribution in [0.25, 0.3) is 11.3 Å². The Kier molecular flexibility index (Phi) is 5.85. The van der Waals surface area contributed by atoms with E-state index < -0.39 is 0 Å². The summed E-state index contributed by atoms with van der Waals surface area (Å²) in [7, 11) is 0. The van der Waals surface area contributed by atoms with Crippen LogP contribution < -0.4 is 16.4 Å². The Hall–Kier alpha value is -4.20. The van der Waals surface area contributed by atoms with Crippen molar-refractivity contribution < 1.29 is 4.79 Å². The molecule has 2 aromatic heterocycles. The Labute approximate surface area is 186 Å². The number of nitrogens with two attached hydrogens (primary N) is 1. The van der Waals surface area contributed by atoms with Gasteiger partial charge in [-0.25, -0.2) is 4.98 Å². The number of carbonyl (C=O) groups is 1. The van der Waals surface area contributed by atoms with Gasteiger partial charge in [-0.05, 0) is 55.3 Å². The summed E-state index contributed by atoms with van der Waals surface area (Å²) in [5, 5.41) is 14.3. The molecule has 8 nitrogen and oxygen atoms in total. The lowest BCUT2D eigenvalue weighted by molar-refractivity contribution is 0.102. The molecule has 2 aromatic carbocycles. The lowest BCUT2D eigenvalue weighted by Gasteiger charge is -2.10. The van der Waals surface area contributed by atoms with Crippen molar-refractivity contribution >= 4 is 28.8 Å². The first-order valence-corrected chi connectivity index (χ1v) is 10.3. The van der Waals surface area contributed by atoms with E-state index in [1.165, 1.54) is 0 Å². The van der Waals surface area contributed by atoms with Crippen molar-refractivity contribution in [3.8, 4) is 11.3 Å². The minimum absolute atomic E-state index is 0.230. The summed E-state index contributed by atoms with van der Waals surface area (Å²) in [6.07, 6.45) is 1.70. The van der Waals surface area contributed by atoms with Crippen molar-refractivity contribution in [1.82, 2.24) is 20.2 Å². The van der Waals surface area contributed by atoms with Crippen LogP contribution in [0.3, 0.4) is 0 Å². The molecular formula is C24H25N7O. The van der Waals surface area contributed by atoms with Gasteiger partial charge in [0.15, 0.2) is 5.82 Å². The number of carbonyl (C=O) groups excluding carboxylic acids is 1. The third kappa shape index (κ3) is 4.59. The molecule has 0 radical (unpaired) electrons. The highest BCUT2D eigenvalue weighted by atomic mass is 16.1. The van der Waals surface area contributed by atoms with Crippen LogP contribution in [0.5, 0.6) is 0 Å². The molecule has 0 aliphatic heterocycles. The predicted octanol–water partition coefficient (Wildman–Crippen LogP) is 4.88. The van der Waals surface area contributed by atoms with Crippen LogP contribution in [-0.4, -0.2) is 26.1 Å². The smallest absolute Gasteiger partial charge is 0.255 e. The van der Waals surface area contributed by atoms with E-state index in [1.807, 2.05) is 37.3 Å². The van der Waals surface area contributed by atoms with Crippen LogP contribution in [0.15, 0.2) is 60.8 Å². The molecule has 4 rings (SSSR count). The van der Waals surface area contributed by atoms with Crippen molar-refractivity contribution in [2.45, 2.75) is 26.7 Å². The number of hydrogen-bond acceptors (Lipinski definition) is 6. The first-order valence-electron chi connectivity index (χ1n) is 10.3. The van der Waals surface area contributed by atoms with Crippen molar-refractivity contribution in [2.75, 3.05) is 16.4 Å². The van der Waals surface area contributed by atoms with Crippen molar-refractivity contribution in [2.24, 2.45) is 0 Å². The third-order valence-electron chi connectivity index (χ3n) is 4.98. The van der Waals surface area contributed by atoms with Gasteiger partial charge in [-0.3, -0.25) is 4.79 Å². The molecule has 0 aliphatic rings. The topological polar surface area (TPSA) is 122 Å². The molecule has 2 heterocycles. The zero-order valence-corrected chi connectivity index (χ0v) is 18.2. The maximum Gasteiger partial charge on any atom is 0.255 e. The van der Waals surface area contributed by atoms with E-state index in [0.29, 0.717) is 28.7 Å². The molecule has 32 heavy (non-hydrogen) atoms. The van der Waals surface area contributed by atoms with E-state index in [9.17, 15) is 4.79 Å². The van der Waals surface area contributed by atoms with Gasteiger partial charge in [0.05, 0.1) is 23.3 Å². The number of anilines is 4. The maximum absolute atomic E-state index is 12.5. The van der Waals surface area contributed by atoms with Gasteiger partial charge >= 0.3 is 0 Å². The fraction of sp³-hybridized carbons (Fsp3) is 0.167. The summed E-state index contributed by atoms with van der Waals surface area (Å²) in [6.45, 7) is 6.18. The van der Waals surface area contributed by atoms with Crippen molar-refractivity contribution in [1.29, 1.82) is 0 Å². The normalized spacial score (nSPS) is 10.9. The summed E-state index contributed by atoms with van der Waals surface area (Å²) in [5.41, 5.74) is 11.1. The number of nitrogen functional groups attached to an aromatic ring is 1. The Morgan fingerprint density at radius 2 is 1.84 bits per heavy atom. The molecule has 0 fully saturated rings. The average molecular weight is 428 g/mol. The Morgan fingerprint density at radius 3 is 2.56 bits per heavy atom. The standard InChI is InChI=1S/C24H25N7O/c1-14(2)22-23(28-15(3)27-22)17-12-21(31-26-13-17)29-18-10-8-16(9-11-18)24(32)30-20-7-5-4-6-19(20)25/h4-14H,25H2,1-3H3,(H,27,28)(H,29,31)(H,30,32). The second-order valence-electron chi connectivity index (χ2n) is 7.81. The number of nitrogens with zero attached hydrogens (tertiary/aromatic N) is 3.